The van der Waals surface area contributed by atoms with Crippen molar-refractivity contribution in [2.24, 2.45) is 0 Å². The molecular weight excluding hydrogens is 226 g/mol. The highest BCUT2D eigenvalue weighted by Gasteiger charge is 2.14. The van der Waals surface area contributed by atoms with Gasteiger partial charge in [-0.15, -0.1) is 11.3 Å². The van der Waals surface area contributed by atoms with Crippen molar-refractivity contribution in [1.29, 1.82) is 0 Å². The fourth-order valence-electron chi connectivity index (χ4n) is 1.90. The van der Waals surface area contributed by atoms with Crippen molar-refractivity contribution in [3.63, 3.8) is 0 Å². The lowest BCUT2D eigenvalue weighted by Crippen LogP contribution is -2.14. The second kappa shape index (κ2) is 5.15. The van der Waals surface area contributed by atoms with E-state index in [4.69, 9.17) is 11.6 Å². The van der Waals surface area contributed by atoms with Crippen molar-refractivity contribution in [2.75, 3.05) is 6.54 Å². The highest BCUT2D eigenvalue weighted by atomic mass is 35.5. The van der Waals surface area contributed by atoms with Crippen molar-refractivity contribution in [3.8, 4) is 0 Å². The lowest BCUT2D eigenvalue weighted by Gasteiger charge is -2.02. The number of thiophene rings is 1. The van der Waals surface area contributed by atoms with E-state index in [9.17, 15) is 0 Å². The highest BCUT2D eigenvalue weighted by molar-refractivity contribution is 7.12. The van der Waals surface area contributed by atoms with E-state index >= 15 is 0 Å². The Hall–Kier alpha value is -0.310. The van der Waals surface area contributed by atoms with Crippen LogP contribution < -0.4 is 5.32 Å². The number of fused-ring (bicyclic) bond motifs is 1. The summed E-state index contributed by atoms with van der Waals surface area (Å²) in [6.45, 7) is 3.89. The monoisotopic (exact) mass is 241 g/mol. The minimum atomic E-state index is 0.881. The van der Waals surface area contributed by atoms with Crippen molar-refractivity contribution in [1.82, 2.24) is 5.32 Å². The lowest BCUT2D eigenvalue weighted by atomic mass is 10.2. The Labute approximate surface area is 100 Å². The molecule has 0 bridgehead atoms. The molecule has 1 aromatic heterocycles. The van der Waals surface area contributed by atoms with Gasteiger partial charge in [-0.2, -0.15) is 0 Å². The average Bonchev–Trinajstić information content (AvgIpc) is 2.77. The van der Waals surface area contributed by atoms with Gasteiger partial charge in [0.2, 0.25) is 0 Å². The van der Waals surface area contributed by atoms with E-state index in [1.807, 2.05) is 18.3 Å². The zero-order valence-electron chi connectivity index (χ0n) is 8.98. The Morgan fingerprint density at radius 3 is 3.20 bits per heavy atom. The fraction of sp³-hybridized carbons (Fsp3) is 0.500. The molecule has 1 aromatic rings. The molecule has 0 unspecified atom stereocenters. The van der Waals surface area contributed by atoms with Gasteiger partial charge in [-0.05, 0) is 43.4 Å². The molecule has 0 fully saturated rings. The molecule has 2 rings (SSSR count). The average molecular weight is 242 g/mol. The van der Waals surface area contributed by atoms with Gasteiger partial charge in [-0.1, -0.05) is 11.6 Å². The predicted molar refractivity (Wildman–Crippen MR) is 67.7 cm³/mol. The van der Waals surface area contributed by atoms with Crippen molar-refractivity contribution >= 4 is 22.9 Å². The van der Waals surface area contributed by atoms with E-state index in [0.29, 0.717) is 0 Å². The first-order valence-corrected chi connectivity index (χ1v) is 6.62. The summed E-state index contributed by atoms with van der Waals surface area (Å²) in [5.41, 5.74) is 4.41. The summed E-state index contributed by atoms with van der Waals surface area (Å²) in [6, 6.07) is 2.36. The molecule has 0 spiro atoms. The molecule has 0 aromatic carbocycles. The second-order valence-electron chi connectivity index (χ2n) is 4.07. The zero-order valence-corrected chi connectivity index (χ0v) is 10.5. The van der Waals surface area contributed by atoms with Gasteiger partial charge in [-0.3, -0.25) is 0 Å². The molecule has 0 radical (unpaired) electrons. The van der Waals surface area contributed by atoms with Crippen LogP contribution in [-0.4, -0.2) is 6.54 Å². The minimum absolute atomic E-state index is 0.881. The molecule has 0 aliphatic heterocycles. The number of nitrogens with one attached hydrogen (secondary N) is 1. The standard InChI is InChI=1S/C12H16ClNS/c1-9(6-13)7-14-8-11-5-10-3-2-4-12(10)15-11/h5-6,14H,2-4,7-8H2,1H3. The molecule has 0 saturated heterocycles. The Morgan fingerprint density at radius 2 is 2.47 bits per heavy atom. The molecule has 3 heteroatoms. The van der Waals surface area contributed by atoms with Crippen LogP contribution in [0.1, 0.15) is 28.7 Å². The Bertz CT molecular complexity index is 346. The molecule has 0 atom stereocenters. The molecule has 1 heterocycles. The zero-order chi connectivity index (χ0) is 10.7. The summed E-state index contributed by atoms with van der Waals surface area (Å²) in [7, 11) is 0. The first-order chi connectivity index (χ1) is 7.29. The maximum Gasteiger partial charge on any atom is 0.0302 e. The quantitative estimate of drug-likeness (QED) is 0.851. The van der Waals surface area contributed by atoms with Gasteiger partial charge in [0.15, 0.2) is 0 Å². The molecular formula is C12H16ClNS. The molecule has 1 aliphatic carbocycles. The summed E-state index contributed by atoms with van der Waals surface area (Å²) in [6.07, 6.45) is 3.93. The molecule has 82 valence electrons. The van der Waals surface area contributed by atoms with Gasteiger partial charge in [0.1, 0.15) is 0 Å². The van der Waals surface area contributed by atoms with Crippen LogP contribution in [0.3, 0.4) is 0 Å². The third-order valence-corrected chi connectivity index (χ3v) is 4.30. The van der Waals surface area contributed by atoms with Crippen LogP contribution in [0.15, 0.2) is 17.2 Å². The SMILES string of the molecule is CC(=CCl)CNCc1cc2c(s1)CCC2. The van der Waals surface area contributed by atoms with Crippen LogP contribution in [0.25, 0.3) is 0 Å². The van der Waals surface area contributed by atoms with Crippen LogP contribution in [0, 0.1) is 0 Å². The molecule has 0 saturated carbocycles. The molecule has 1 N–H and O–H groups in total. The van der Waals surface area contributed by atoms with E-state index in [2.05, 4.69) is 11.4 Å². The van der Waals surface area contributed by atoms with Gasteiger partial charge >= 0.3 is 0 Å². The Kier molecular flexibility index (Phi) is 3.84. The van der Waals surface area contributed by atoms with E-state index < -0.39 is 0 Å². The maximum absolute atomic E-state index is 5.60. The smallest absolute Gasteiger partial charge is 0.0302 e. The molecule has 15 heavy (non-hydrogen) atoms. The van der Waals surface area contributed by atoms with Crippen LogP contribution >= 0.6 is 22.9 Å². The van der Waals surface area contributed by atoms with E-state index in [1.165, 1.54) is 29.7 Å². The molecule has 1 aliphatic rings. The molecule has 0 amide bonds. The van der Waals surface area contributed by atoms with E-state index in [1.54, 1.807) is 16.0 Å². The van der Waals surface area contributed by atoms with Crippen LogP contribution in [0.2, 0.25) is 0 Å². The first-order valence-electron chi connectivity index (χ1n) is 5.36. The van der Waals surface area contributed by atoms with Crippen LogP contribution in [-0.2, 0) is 19.4 Å². The topological polar surface area (TPSA) is 12.0 Å². The predicted octanol–water partition coefficient (Wildman–Crippen LogP) is 3.47. The van der Waals surface area contributed by atoms with E-state index in [0.717, 1.165) is 13.1 Å². The summed E-state index contributed by atoms with van der Waals surface area (Å²) < 4.78 is 0. The summed E-state index contributed by atoms with van der Waals surface area (Å²) in [4.78, 5) is 3.07. The van der Waals surface area contributed by atoms with Crippen molar-refractivity contribution < 1.29 is 0 Å². The van der Waals surface area contributed by atoms with E-state index in [-0.39, 0.29) is 0 Å². The second-order valence-corrected chi connectivity index (χ2v) is 5.51. The number of hydrogen-bond donors (Lipinski definition) is 1. The third kappa shape index (κ3) is 2.83. The fourth-order valence-corrected chi connectivity index (χ4v) is 3.21. The number of halogens is 1. The largest absolute Gasteiger partial charge is 0.308 e. The van der Waals surface area contributed by atoms with Gasteiger partial charge in [0, 0.05) is 28.4 Å². The van der Waals surface area contributed by atoms with Crippen molar-refractivity contribution in [2.45, 2.75) is 32.7 Å². The Balaban J connectivity index is 1.84. The lowest BCUT2D eigenvalue weighted by molar-refractivity contribution is 0.748. The van der Waals surface area contributed by atoms with Gasteiger partial charge in [0.05, 0.1) is 0 Å². The van der Waals surface area contributed by atoms with Gasteiger partial charge in [-0.25, -0.2) is 0 Å². The highest BCUT2D eigenvalue weighted by Crippen LogP contribution is 2.30. The summed E-state index contributed by atoms with van der Waals surface area (Å²) in [5, 5.41) is 3.40. The normalized spacial score (nSPS) is 15.7. The minimum Gasteiger partial charge on any atom is -0.308 e. The third-order valence-electron chi connectivity index (χ3n) is 2.69. The first kappa shape index (κ1) is 11.2. The summed E-state index contributed by atoms with van der Waals surface area (Å²) in [5.74, 6) is 0. The maximum atomic E-state index is 5.60. The number of rotatable bonds is 4. The number of hydrogen-bond acceptors (Lipinski definition) is 2. The van der Waals surface area contributed by atoms with Crippen LogP contribution in [0.4, 0.5) is 0 Å². The summed E-state index contributed by atoms with van der Waals surface area (Å²) >= 11 is 7.56. The number of aryl methyl sites for hydroxylation is 2. The van der Waals surface area contributed by atoms with Crippen molar-refractivity contribution in [3.05, 3.63) is 32.5 Å². The van der Waals surface area contributed by atoms with Crippen LogP contribution in [0.5, 0.6) is 0 Å². The molecule has 1 nitrogen and oxygen atoms in total. The van der Waals surface area contributed by atoms with Gasteiger partial charge < -0.3 is 5.32 Å². The van der Waals surface area contributed by atoms with Gasteiger partial charge in [0.25, 0.3) is 0 Å². The Morgan fingerprint density at radius 1 is 1.60 bits per heavy atom.